The number of nitrogens with zero attached hydrogens (tertiary/aromatic N) is 1. The molecule has 0 N–H and O–H groups in total. The van der Waals surface area contributed by atoms with E-state index in [2.05, 4.69) is 0 Å². The van der Waals surface area contributed by atoms with Crippen LogP contribution in [0.3, 0.4) is 0 Å². The molecule has 3 aromatic rings. The molecule has 0 radical (unpaired) electrons. The van der Waals surface area contributed by atoms with E-state index in [1.165, 1.54) is 6.07 Å². The van der Waals surface area contributed by atoms with Crippen molar-refractivity contribution < 1.29 is 12.8 Å². The number of aryl methyl sites for hydroxylation is 4. The van der Waals surface area contributed by atoms with Gasteiger partial charge in [0, 0.05) is 11.1 Å². The van der Waals surface area contributed by atoms with Crippen molar-refractivity contribution in [1.82, 2.24) is 0 Å². The highest BCUT2D eigenvalue weighted by molar-refractivity contribution is 7.93. The molecule has 1 unspecified atom stereocenters. The summed E-state index contributed by atoms with van der Waals surface area (Å²) in [6.07, 6.45) is 2.45. The maximum Gasteiger partial charge on any atom is 0.264 e. The van der Waals surface area contributed by atoms with Gasteiger partial charge in [0.1, 0.15) is 5.82 Å². The smallest absolute Gasteiger partial charge is 0.263 e. The van der Waals surface area contributed by atoms with E-state index in [4.69, 9.17) is 11.6 Å². The highest BCUT2D eigenvalue weighted by Crippen LogP contribution is 2.38. The first-order valence-electron chi connectivity index (χ1n) is 10.4. The lowest BCUT2D eigenvalue weighted by molar-refractivity contribution is 0.516. The summed E-state index contributed by atoms with van der Waals surface area (Å²) in [4.78, 5) is 0.312. The molecule has 3 nitrogen and oxygen atoms in total. The lowest BCUT2D eigenvalue weighted by Gasteiger charge is -2.38. The van der Waals surface area contributed by atoms with E-state index in [1.54, 1.807) is 28.6 Å². The second-order valence-electron chi connectivity index (χ2n) is 8.17. The maximum absolute atomic E-state index is 14.3. The third-order valence-electron chi connectivity index (χ3n) is 5.95. The summed E-state index contributed by atoms with van der Waals surface area (Å²) in [6.45, 7) is 3.78. The fraction of sp³-hybridized carbons (Fsp3) is 0.280. The summed E-state index contributed by atoms with van der Waals surface area (Å²) in [7, 11) is -3.77. The van der Waals surface area contributed by atoms with E-state index < -0.39 is 10.0 Å². The third-order valence-corrected chi connectivity index (χ3v) is 8.21. The molecule has 1 heterocycles. The van der Waals surface area contributed by atoms with Crippen LogP contribution in [0.25, 0.3) is 0 Å². The van der Waals surface area contributed by atoms with Crippen molar-refractivity contribution in [3.63, 3.8) is 0 Å². The first-order chi connectivity index (χ1) is 14.8. The summed E-state index contributed by atoms with van der Waals surface area (Å²) >= 11 is 5.87. The van der Waals surface area contributed by atoms with Crippen LogP contribution in [0.2, 0.25) is 5.02 Å². The van der Waals surface area contributed by atoms with Crippen molar-refractivity contribution in [2.75, 3.05) is 4.31 Å². The van der Waals surface area contributed by atoms with Gasteiger partial charge in [0.15, 0.2) is 0 Å². The number of sulfonamides is 1. The minimum atomic E-state index is -3.77. The number of fused-ring (bicyclic) bond motifs is 1. The maximum atomic E-state index is 14.3. The number of benzene rings is 3. The number of hydrogen-bond acceptors (Lipinski definition) is 2. The van der Waals surface area contributed by atoms with Crippen LogP contribution >= 0.6 is 11.6 Å². The minimum Gasteiger partial charge on any atom is -0.263 e. The standard InChI is InChI=1S/C25H25ClFNO2S/c1-17-7-8-20-11-14-22(13-10-19-9-12-21(26)16-23(19)27)28(24(20)15-17)31(29,30)25-6-4-3-5-18(25)2/h3-9,12,15-16,22H,10-11,13-14H2,1-2H3. The van der Waals surface area contributed by atoms with Gasteiger partial charge in [-0.2, -0.15) is 0 Å². The molecule has 0 spiro atoms. The molecule has 1 atom stereocenters. The zero-order valence-corrected chi connectivity index (χ0v) is 19.2. The van der Waals surface area contributed by atoms with Crippen molar-refractivity contribution >= 4 is 27.3 Å². The van der Waals surface area contributed by atoms with Crippen molar-refractivity contribution in [1.29, 1.82) is 0 Å². The van der Waals surface area contributed by atoms with Crippen molar-refractivity contribution in [3.8, 4) is 0 Å². The molecule has 3 aromatic carbocycles. The topological polar surface area (TPSA) is 37.4 Å². The van der Waals surface area contributed by atoms with Crippen LogP contribution in [0.5, 0.6) is 0 Å². The second-order valence-corrected chi connectivity index (χ2v) is 10.4. The Bertz CT molecular complexity index is 1230. The number of rotatable bonds is 5. The van der Waals surface area contributed by atoms with Crippen LogP contribution in [0.1, 0.15) is 35.1 Å². The normalized spacial score (nSPS) is 16.3. The predicted octanol–water partition coefficient (Wildman–Crippen LogP) is 6.24. The summed E-state index contributed by atoms with van der Waals surface area (Å²) < 4.78 is 43.6. The Morgan fingerprint density at radius 1 is 1.06 bits per heavy atom. The molecule has 31 heavy (non-hydrogen) atoms. The van der Waals surface area contributed by atoms with Gasteiger partial charge < -0.3 is 0 Å². The molecule has 0 bridgehead atoms. The Hall–Kier alpha value is -2.37. The predicted molar refractivity (Wildman–Crippen MR) is 124 cm³/mol. The quantitative estimate of drug-likeness (QED) is 0.454. The summed E-state index contributed by atoms with van der Waals surface area (Å²) in [5.41, 5.74) is 4.03. The Labute approximate surface area is 188 Å². The van der Waals surface area contributed by atoms with Gasteiger partial charge in [-0.05, 0) is 86.1 Å². The minimum absolute atomic E-state index is 0.256. The molecule has 1 aliphatic heterocycles. The van der Waals surface area contributed by atoms with Crippen molar-refractivity contribution in [2.24, 2.45) is 0 Å². The van der Waals surface area contributed by atoms with Gasteiger partial charge in [0.05, 0.1) is 10.6 Å². The van der Waals surface area contributed by atoms with Crippen molar-refractivity contribution in [2.45, 2.75) is 50.5 Å². The van der Waals surface area contributed by atoms with E-state index in [0.29, 0.717) is 40.3 Å². The average Bonchev–Trinajstić information content (AvgIpc) is 2.72. The first-order valence-corrected chi connectivity index (χ1v) is 12.2. The molecule has 0 aromatic heterocycles. The van der Waals surface area contributed by atoms with E-state index >= 15 is 0 Å². The zero-order valence-electron chi connectivity index (χ0n) is 17.6. The summed E-state index contributed by atoms with van der Waals surface area (Å²) in [5, 5.41) is 0.354. The molecule has 1 aliphatic rings. The van der Waals surface area contributed by atoms with Crippen LogP contribution in [0, 0.1) is 19.7 Å². The summed E-state index contributed by atoms with van der Waals surface area (Å²) in [6, 6.07) is 17.4. The molecule has 0 aliphatic carbocycles. The monoisotopic (exact) mass is 457 g/mol. The van der Waals surface area contributed by atoms with Crippen LogP contribution in [0.15, 0.2) is 65.6 Å². The Morgan fingerprint density at radius 3 is 2.58 bits per heavy atom. The van der Waals surface area contributed by atoms with E-state index in [0.717, 1.165) is 23.2 Å². The first kappa shape index (κ1) is 21.8. The Kier molecular flexibility index (Phi) is 6.09. The highest BCUT2D eigenvalue weighted by Gasteiger charge is 2.36. The number of anilines is 1. The second kappa shape index (κ2) is 8.64. The van der Waals surface area contributed by atoms with Crippen molar-refractivity contribution in [3.05, 3.63) is 93.8 Å². The lowest BCUT2D eigenvalue weighted by atomic mass is 9.93. The van der Waals surface area contributed by atoms with Gasteiger partial charge in [0.25, 0.3) is 10.0 Å². The summed E-state index contributed by atoms with van der Waals surface area (Å²) in [5.74, 6) is -0.354. The highest BCUT2D eigenvalue weighted by atomic mass is 35.5. The molecule has 4 rings (SSSR count). The van der Waals surface area contributed by atoms with E-state index in [-0.39, 0.29) is 11.9 Å². The SMILES string of the molecule is Cc1ccc2c(c1)N(S(=O)(=O)c1ccccc1C)C(CCc1ccc(Cl)cc1F)CC2. The largest absolute Gasteiger partial charge is 0.264 e. The molecular weight excluding hydrogens is 433 g/mol. The van der Waals surface area contributed by atoms with Gasteiger partial charge >= 0.3 is 0 Å². The average molecular weight is 458 g/mol. The molecule has 162 valence electrons. The zero-order chi connectivity index (χ0) is 22.2. The van der Waals surface area contributed by atoms with E-state index in [9.17, 15) is 12.8 Å². The molecular formula is C25H25ClFNO2S. The molecule has 0 amide bonds. The van der Waals surface area contributed by atoms with Gasteiger partial charge in [-0.25, -0.2) is 12.8 Å². The van der Waals surface area contributed by atoms with E-state index in [1.807, 2.05) is 44.2 Å². The van der Waals surface area contributed by atoms with Gasteiger partial charge in [-0.3, -0.25) is 4.31 Å². The van der Waals surface area contributed by atoms with Gasteiger partial charge in [-0.15, -0.1) is 0 Å². The lowest BCUT2D eigenvalue weighted by Crippen LogP contribution is -2.44. The third kappa shape index (κ3) is 4.35. The Balaban J connectivity index is 1.75. The molecule has 6 heteroatoms. The van der Waals surface area contributed by atoms with Crippen LogP contribution in [-0.2, 0) is 22.9 Å². The number of halogens is 2. The van der Waals surface area contributed by atoms with Gasteiger partial charge in [-0.1, -0.05) is 48.0 Å². The Morgan fingerprint density at radius 2 is 1.84 bits per heavy atom. The van der Waals surface area contributed by atoms with Crippen LogP contribution < -0.4 is 4.31 Å². The number of hydrogen-bond donors (Lipinski definition) is 0. The van der Waals surface area contributed by atoms with Crippen LogP contribution in [-0.4, -0.2) is 14.5 Å². The molecule has 0 saturated heterocycles. The van der Waals surface area contributed by atoms with Crippen LogP contribution in [0.4, 0.5) is 10.1 Å². The molecule has 0 saturated carbocycles. The molecule has 0 fully saturated rings. The fourth-order valence-corrected chi connectivity index (χ4v) is 6.44. The fourth-order valence-electron chi connectivity index (χ4n) is 4.31. The van der Waals surface area contributed by atoms with Gasteiger partial charge in [0.2, 0.25) is 0 Å².